The van der Waals surface area contributed by atoms with Crippen molar-refractivity contribution in [3.05, 3.63) is 29.8 Å². The Hall–Kier alpha value is -1.83. The normalized spacial score (nSPS) is 14.6. The molecule has 140 valence electrons. The Morgan fingerprint density at radius 3 is 2.68 bits per heavy atom. The number of benzene rings is 1. The number of carbonyl (C=O) groups excluding carboxylic acids is 1. The standard InChI is InChI=1S/C17H21F4NO3/c1-2-25-14-5-3-4-12(8-14)9-22(13-6-7-13)15(23)10-24-11-17(20,21)16(18)19/h3-5,8,13,16H,2,6-7,9-11H2,1H3. The van der Waals surface area contributed by atoms with Crippen LogP contribution in [0.15, 0.2) is 24.3 Å². The summed E-state index contributed by atoms with van der Waals surface area (Å²) >= 11 is 0. The zero-order valence-corrected chi connectivity index (χ0v) is 13.9. The molecule has 0 aromatic heterocycles. The molecule has 0 N–H and O–H groups in total. The van der Waals surface area contributed by atoms with E-state index < -0.39 is 31.5 Å². The Bertz CT molecular complexity index is 579. The van der Waals surface area contributed by atoms with E-state index in [9.17, 15) is 22.4 Å². The summed E-state index contributed by atoms with van der Waals surface area (Å²) in [6.07, 6.45) is -2.17. The van der Waals surface area contributed by atoms with Crippen LogP contribution >= 0.6 is 0 Å². The Kier molecular flexibility index (Phi) is 6.64. The van der Waals surface area contributed by atoms with Crippen molar-refractivity contribution in [3.8, 4) is 5.75 Å². The summed E-state index contributed by atoms with van der Waals surface area (Å²) in [7, 11) is 0. The average Bonchev–Trinajstić information content (AvgIpc) is 3.37. The van der Waals surface area contributed by atoms with Crippen LogP contribution in [0.4, 0.5) is 17.6 Å². The molecule has 1 aliphatic carbocycles. The number of alkyl halides is 4. The first kappa shape index (κ1) is 19.5. The van der Waals surface area contributed by atoms with Gasteiger partial charge >= 0.3 is 12.3 Å². The van der Waals surface area contributed by atoms with Crippen LogP contribution < -0.4 is 4.74 Å². The minimum absolute atomic E-state index is 0.0301. The van der Waals surface area contributed by atoms with Crippen LogP contribution in [0.3, 0.4) is 0 Å². The third-order valence-corrected chi connectivity index (χ3v) is 3.71. The summed E-state index contributed by atoms with van der Waals surface area (Å²) in [6.45, 7) is 0.540. The van der Waals surface area contributed by atoms with Gasteiger partial charge in [0.05, 0.1) is 6.61 Å². The fourth-order valence-electron chi connectivity index (χ4n) is 2.32. The van der Waals surface area contributed by atoms with E-state index in [-0.39, 0.29) is 6.04 Å². The number of rotatable bonds is 10. The van der Waals surface area contributed by atoms with Gasteiger partial charge in [-0.1, -0.05) is 12.1 Å². The maximum atomic E-state index is 12.8. The third-order valence-electron chi connectivity index (χ3n) is 3.71. The smallest absolute Gasteiger partial charge is 0.330 e. The topological polar surface area (TPSA) is 38.8 Å². The summed E-state index contributed by atoms with van der Waals surface area (Å²) in [4.78, 5) is 13.8. The van der Waals surface area contributed by atoms with Crippen molar-refractivity contribution >= 4 is 5.91 Å². The number of amides is 1. The highest BCUT2D eigenvalue weighted by molar-refractivity contribution is 5.78. The van der Waals surface area contributed by atoms with E-state index >= 15 is 0 Å². The molecule has 1 aliphatic rings. The first-order chi connectivity index (χ1) is 11.8. The predicted octanol–water partition coefficient (Wildman–Crippen LogP) is 3.49. The zero-order valence-electron chi connectivity index (χ0n) is 13.9. The fourth-order valence-corrected chi connectivity index (χ4v) is 2.32. The highest BCUT2D eigenvalue weighted by Crippen LogP contribution is 2.29. The zero-order chi connectivity index (χ0) is 18.4. The monoisotopic (exact) mass is 363 g/mol. The first-order valence-electron chi connectivity index (χ1n) is 8.08. The molecular weight excluding hydrogens is 342 g/mol. The molecule has 2 rings (SSSR count). The first-order valence-corrected chi connectivity index (χ1v) is 8.08. The van der Waals surface area contributed by atoms with E-state index in [0.717, 1.165) is 18.4 Å². The summed E-state index contributed by atoms with van der Waals surface area (Å²) in [5.41, 5.74) is 0.837. The molecule has 0 radical (unpaired) electrons. The lowest BCUT2D eigenvalue weighted by molar-refractivity contribution is -0.171. The largest absolute Gasteiger partial charge is 0.494 e. The van der Waals surface area contributed by atoms with Crippen molar-refractivity contribution in [2.24, 2.45) is 0 Å². The summed E-state index contributed by atoms with van der Waals surface area (Å²) < 4.78 is 59.7. The Morgan fingerprint density at radius 1 is 1.36 bits per heavy atom. The molecule has 0 heterocycles. The number of carbonyl (C=O) groups is 1. The maximum Gasteiger partial charge on any atom is 0.330 e. The Labute approximate surface area is 143 Å². The van der Waals surface area contributed by atoms with Crippen molar-refractivity contribution in [3.63, 3.8) is 0 Å². The van der Waals surface area contributed by atoms with Gasteiger partial charge < -0.3 is 14.4 Å². The van der Waals surface area contributed by atoms with Gasteiger partial charge in [-0.05, 0) is 37.5 Å². The van der Waals surface area contributed by atoms with Gasteiger partial charge in [-0.15, -0.1) is 0 Å². The van der Waals surface area contributed by atoms with Gasteiger partial charge in [-0.25, -0.2) is 8.78 Å². The molecule has 1 aromatic rings. The molecule has 4 nitrogen and oxygen atoms in total. The van der Waals surface area contributed by atoms with Crippen molar-refractivity contribution < 1.29 is 31.8 Å². The van der Waals surface area contributed by atoms with E-state index in [1.807, 2.05) is 13.0 Å². The molecule has 1 aromatic carbocycles. The van der Waals surface area contributed by atoms with E-state index in [4.69, 9.17) is 4.74 Å². The van der Waals surface area contributed by atoms with E-state index in [1.54, 1.807) is 18.2 Å². The second-order valence-electron chi connectivity index (χ2n) is 5.89. The molecule has 0 spiro atoms. The lowest BCUT2D eigenvalue weighted by Gasteiger charge is -2.23. The minimum Gasteiger partial charge on any atom is -0.494 e. The predicted molar refractivity (Wildman–Crippen MR) is 83.0 cm³/mol. The molecular formula is C17H21F4NO3. The SMILES string of the molecule is CCOc1cccc(CN(C(=O)COCC(F)(F)C(F)F)C2CC2)c1. The van der Waals surface area contributed by atoms with Gasteiger partial charge in [0.2, 0.25) is 5.91 Å². The third kappa shape index (κ3) is 5.88. The Balaban J connectivity index is 1.92. The lowest BCUT2D eigenvalue weighted by Crippen LogP contribution is -2.38. The summed E-state index contributed by atoms with van der Waals surface area (Å²) in [6, 6.07) is 7.26. The molecule has 0 unspecified atom stereocenters. The van der Waals surface area contributed by atoms with Crippen LogP contribution in [0.1, 0.15) is 25.3 Å². The number of hydrogen-bond donors (Lipinski definition) is 0. The lowest BCUT2D eigenvalue weighted by atomic mass is 10.2. The number of ether oxygens (including phenoxy) is 2. The molecule has 1 saturated carbocycles. The molecule has 1 amide bonds. The van der Waals surface area contributed by atoms with Crippen LogP contribution in [-0.2, 0) is 16.1 Å². The summed E-state index contributed by atoms with van der Waals surface area (Å²) in [5, 5.41) is 0. The van der Waals surface area contributed by atoms with Crippen molar-refractivity contribution in [2.75, 3.05) is 19.8 Å². The molecule has 0 saturated heterocycles. The van der Waals surface area contributed by atoms with Gasteiger partial charge in [0.25, 0.3) is 0 Å². The van der Waals surface area contributed by atoms with Gasteiger partial charge in [-0.3, -0.25) is 4.79 Å². The van der Waals surface area contributed by atoms with Crippen LogP contribution in [0.2, 0.25) is 0 Å². The van der Waals surface area contributed by atoms with E-state index in [2.05, 4.69) is 4.74 Å². The highest BCUT2D eigenvalue weighted by atomic mass is 19.3. The van der Waals surface area contributed by atoms with Crippen LogP contribution in [0.5, 0.6) is 5.75 Å². The van der Waals surface area contributed by atoms with E-state index in [0.29, 0.717) is 18.9 Å². The second-order valence-corrected chi connectivity index (χ2v) is 5.89. The molecule has 0 atom stereocenters. The molecule has 25 heavy (non-hydrogen) atoms. The highest BCUT2D eigenvalue weighted by Gasteiger charge is 2.41. The van der Waals surface area contributed by atoms with Crippen LogP contribution in [0, 0.1) is 0 Å². The van der Waals surface area contributed by atoms with Gasteiger partial charge in [0.15, 0.2) is 0 Å². The van der Waals surface area contributed by atoms with Crippen molar-refractivity contribution in [2.45, 2.75) is 44.7 Å². The van der Waals surface area contributed by atoms with Crippen molar-refractivity contribution in [1.29, 1.82) is 0 Å². The number of halogens is 4. The molecule has 8 heteroatoms. The average molecular weight is 363 g/mol. The quantitative estimate of drug-likeness (QED) is 0.598. The second kappa shape index (κ2) is 8.51. The fraction of sp³-hybridized carbons (Fsp3) is 0.588. The van der Waals surface area contributed by atoms with Gasteiger partial charge in [0, 0.05) is 12.6 Å². The minimum atomic E-state index is -4.25. The van der Waals surface area contributed by atoms with Crippen LogP contribution in [-0.4, -0.2) is 49.0 Å². The van der Waals surface area contributed by atoms with Crippen molar-refractivity contribution in [1.82, 2.24) is 4.90 Å². The molecule has 0 bridgehead atoms. The Morgan fingerprint density at radius 2 is 2.08 bits per heavy atom. The molecule has 0 aliphatic heterocycles. The van der Waals surface area contributed by atoms with Crippen LogP contribution in [0.25, 0.3) is 0 Å². The van der Waals surface area contributed by atoms with E-state index in [1.165, 1.54) is 4.90 Å². The van der Waals surface area contributed by atoms with Gasteiger partial charge in [-0.2, -0.15) is 8.78 Å². The number of hydrogen-bond acceptors (Lipinski definition) is 3. The summed E-state index contributed by atoms with van der Waals surface area (Å²) in [5.74, 6) is -4.07. The maximum absolute atomic E-state index is 12.8. The molecule has 1 fully saturated rings. The number of nitrogens with zero attached hydrogens (tertiary/aromatic N) is 1. The van der Waals surface area contributed by atoms with Gasteiger partial charge in [0.1, 0.15) is 19.0 Å².